The molecule has 0 bridgehead atoms. The fourth-order valence-electron chi connectivity index (χ4n) is 1.16. The van der Waals surface area contributed by atoms with E-state index in [0.29, 0.717) is 18.8 Å². The van der Waals surface area contributed by atoms with Crippen molar-refractivity contribution in [3.8, 4) is 0 Å². The van der Waals surface area contributed by atoms with E-state index >= 15 is 0 Å². The van der Waals surface area contributed by atoms with E-state index in [1.165, 1.54) is 10.6 Å². The molecule has 0 spiro atoms. The highest BCUT2D eigenvalue weighted by atomic mass is 79.9. The molecule has 1 aromatic heterocycles. The fourth-order valence-corrected chi connectivity index (χ4v) is 1.30. The Kier molecular flexibility index (Phi) is 5.21. The van der Waals surface area contributed by atoms with Gasteiger partial charge < -0.3 is 14.6 Å². The van der Waals surface area contributed by atoms with Crippen molar-refractivity contribution in [2.75, 3.05) is 24.4 Å². The monoisotopic (exact) mass is 288 g/mol. The van der Waals surface area contributed by atoms with Gasteiger partial charge in [-0.1, -0.05) is 15.9 Å². The second-order valence-corrected chi connectivity index (χ2v) is 3.68. The van der Waals surface area contributed by atoms with Gasteiger partial charge in [-0.05, 0) is 6.07 Å². The number of methoxy groups -OCH3 is 1. The Morgan fingerprint density at radius 2 is 2.31 bits per heavy atom. The number of nitrogens with one attached hydrogen (secondary N) is 1. The summed E-state index contributed by atoms with van der Waals surface area (Å²) < 4.78 is 6.38. The third kappa shape index (κ3) is 3.79. The third-order valence-electron chi connectivity index (χ3n) is 1.92. The lowest BCUT2D eigenvalue weighted by Gasteiger charge is -2.08. The number of carbonyl (C=O) groups excluding carboxylic acids is 1. The van der Waals surface area contributed by atoms with Crippen molar-refractivity contribution in [3.63, 3.8) is 0 Å². The molecule has 0 aromatic carbocycles. The van der Waals surface area contributed by atoms with E-state index in [1.54, 1.807) is 19.4 Å². The largest absolute Gasteiger partial charge is 0.383 e. The maximum atomic E-state index is 11.4. The van der Waals surface area contributed by atoms with E-state index in [-0.39, 0.29) is 16.8 Å². The first-order valence-corrected chi connectivity index (χ1v) is 5.84. The average Bonchev–Trinajstić information content (AvgIpc) is 2.29. The zero-order chi connectivity index (χ0) is 12.0. The van der Waals surface area contributed by atoms with Crippen molar-refractivity contribution < 1.29 is 9.53 Å². The second-order valence-electron chi connectivity index (χ2n) is 3.12. The molecule has 5 nitrogen and oxygen atoms in total. The number of carbonyl (C=O) groups is 1. The summed E-state index contributed by atoms with van der Waals surface area (Å²) in [5.74, 6) is -0.156. The normalized spacial score (nSPS) is 10.1. The standard InChI is InChI=1S/C10H13BrN2O3/c1-16-5-4-13-7-8(2-3-10(13)15)12-9(14)6-11/h2-3,7H,4-6H2,1H3,(H,12,14). The van der Waals surface area contributed by atoms with Crippen LogP contribution >= 0.6 is 15.9 Å². The van der Waals surface area contributed by atoms with Gasteiger partial charge in [-0.2, -0.15) is 0 Å². The van der Waals surface area contributed by atoms with Gasteiger partial charge in [0, 0.05) is 25.9 Å². The van der Waals surface area contributed by atoms with Gasteiger partial charge in [-0.15, -0.1) is 0 Å². The van der Waals surface area contributed by atoms with Crippen LogP contribution in [0, 0.1) is 0 Å². The predicted octanol–water partition coefficient (Wildman–Crippen LogP) is 0.828. The lowest BCUT2D eigenvalue weighted by molar-refractivity contribution is -0.113. The smallest absolute Gasteiger partial charge is 0.250 e. The number of anilines is 1. The number of ether oxygens (including phenoxy) is 1. The van der Waals surface area contributed by atoms with Gasteiger partial charge >= 0.3 is 0 Å². The van der Waals surface area contributed by atoms with Gasteiger partial charge in [0.15, 0.2) is 0 Å². The van der Waals surface area contributed by atoms with Crippen LogP contribution in [-0.2, 0) is 16.1 Å². The molecule has 0 saturated carbocycles. The molecule has 1 N–H and O–H groups in total. The van der Waals surface area contributed by atoms with Crippen molar-refractivity contribution in [2.45, 2.75) is 6.54 Å². The van der Waals surface area contributed by atoms with Crippen LogP contribution in [0.4, 0.5) is 5.69 Å². The highest BCUT2D eigenvalue weighted by molar-refractivity contribution is 9.09. The lowest BCUT2D eigenvalue weighted by atomic mass is 10.4. The topological polar surface area (TPSA) is 60.3 Å². The number of aromatic nitrogens is 1. The Balaban J connectivity index is 2.80. The number of hydrogen-bond acceptors (Lipinski definition) is 3. The van der Waals surface area contributed by atoms with E-state index in [4.69, 9.17) is 4.74 Å². The summed E-state index contributed by atoms with van der Waals surface area (Å²) in [5, 5.41) is 2.88. The average molecular weight is 289 g/mol. The molecule has 0 fully saturated rings. The molecule has 1 aromatic rings. The van der Waals surface area contributed by atoms with Crippen LogP contribution in [-0.4, -0.2) is 29.5 Å². The highest BCUT2D eigenvalue weighted by Gasteiger charge is 2.02. The van der Waals surface area contributed by atoms with Crippen LogP contribution in [0.25, 0.3) is 0 Å². The van der Waals surface area contributed by atoms with Crippen molar-refractivity contribution in [3.05, 3.63) is 28.7 Å². The first kappa shape index (κ1) is 12.9. The SMILES string of the molecule is COCCn1cc(NC(=O)CBr)ccc1=O. The summed E-state index contributed by atoms with van der Waals surface area (Å²) >= 11 is 3.05. The summed E-state index contributed by atoms with van der Waals surface area (Å²) in [7, 11) is 1.57. The Morgan fingerprint density at radius 1 is 1.56 bits per heavy atom. The maximum Gasteiger partial charge on any atom is 0.250 e. The molecule has 0 atom stereocenters. The van der Waals surface area contributed by atoms with Crippen molar-refractivity contribution in [2.24, 2.45) is 0 Å². The number of nitrogens with zero attached hydrogens (tertiary/aromatic N) is 1. The van der Waals surface area contributed by atoms with Crippen LogP contribution in [0.2, 0.25) is 0 Å². The molecule has 0 saturated heterocycles. The molecule has 0 aliphatic heterocycles. The number of halogens is 1. The first-order valence-electron chi connectivity index (χ1n) is 4.72. The molecular formula is C10H13BrN2O3. The van der Waals surface area contributed by atoms with Gasteiger partial charge in [0.2, 0.25) is 5.91 Å². The molecule has 0 unspecified atom stereocenters. The summed E-state index contributed by atoms with van der Waals surface area (Å²) in [6.45, 7) is 0.920. The molecule has 1 rings (SSSR count). The van der Waals surface area contributed by atoms with Crippen molar-refractivity contribution in [1.29, 1.82) is 0 Å². The Morgan fingerprint density at radius 3 is 2.94 bits per heavy atom. The quantitative estimate of drug-likeness (QED) is 0.817. The van der Waals surface area contributed by atoms with E-state index in [1.807, 2.05) is 0 Å². The van der Waals surface area contributed by atoms with Gasteiger partial charge in [0.05, 0.1) is 17.6 Å². The summed E-state index contributed by atoms with van der Waals surface area (Å²) in [6.07, 6.45) is 1.60. The molecule has 16 heavy (non-hydrogen) atoms. The summed E-state index contributed by atoms with van der Waals surface area (Å²) in [6, 6.07) is 2.99. The number of amides is 1. The first-order chi connectivity index (χ1) is 7.67. The number of hydrogen-bond donors (Lipinski definition) is 1. The molecule has 0 aliphatic rings. The van der Waals surface area contributed by atoms with E-state index in [0.717, 1.165) is 0 Å². The molecule has 88 valence electrons. The third-order valence-corrected chi connectivity index (χ3v) is 2.43. The van der Waals surface area contributed by atoms with Gasteiger partial charge in [-0.3, -0.25) is 9.59 Å². The zero-order valence-electron chi connectivity index (χ0n) is 8.90. The van der Waals surface area contributed by atoms with Crippen LogP contribution in [0.5, 0.6) is 0 Å². The Bertz CT molecular complexity index is 417. The minimum atomic E-state index is -0.156. The van der Waals surface area contributed by atoms with Crippen LogP contribution in [0.15, 0.2) is 23.1 Å². The van der Waals surface area contributed by atoms with Crippen molar-refractivity contribution in [1.82, 2.24) is 4.57 Å². The van der Waals surface area contributed by atoms with Crippen molar-refractivity contribution >= 4 is 27.5 Å². The molecule has 0 radical (unpaired) electrons. The Hall–Kier alpha value is -1.14. The van der Waals surface area contributed by atoms with Gasteiger partial charge in [0.1, 0.15) is 0 Å². The lowest BCUT2D eigenvalue weighted by Crippen LogP contribution is -2.22. The van der Waals surface area contributed by atoms with E-state index in [2.05, 4.69) is 21.2 Å². The number of pyridine rings is 1. The molecule has 0 aliphatic carbocycles. The van der Waals surface area contributed by atoms with Crippen LogP contribution < -0.4 is 10.9 Å². The molecular weight excluding hydrogens is 276 g/mol. The van der Waals surface area contributed by atoms with Crippen LogP contribution in [0.3, 0.4) is 0 Å². The molecule has 1 amide bonds. The predicted molar refractivity (Wildman–Crippen MR) is 65.0 cm³/mol. The number of rotatable bonds is 5. The summed E-state index contributed by atoms with van der Waals surface area (Å²) in [5.41, 5.74) is 0.481. The minimum Gasteiger partial charge on any atom is -0.383 e. The van der Waals surface area contributed by atoms with Gasteiger partial charge in [-0.25, -0.2) is 0 Å². The van der Waals surface area contributed by atoms with E-state index in [9.17, 15) is 9.59 Å². The van der Waals surface area contributed by atoms with Crippen LogP contribution in [0.1, 0.15) is 0 Å². The fraction of sp³-hybridized carbons (Fsp3) is 0.400. The molecule has 6 heteroatoms. The number of alkyl halides is 1. The van der Waals surface area contributed by atoms with E-state index < -0.39 is 0 Å². The summed E-state index contributed by atoms with van der Waals surface area (Å²) in [4.78, 5) is 22.5. The minimum absolute atomic E-state index is 0.117. The zero-order valence-corrected chi connectivity index (χ0v) is 10.5. The second kappa shape index (κ2) is 6.44. The highest BCUT2D eigenvalue weighted by Crippen LogP contribution is 2.03. The Labute approximate surface area is 102 Å². The van der Waals surface area contributed by atoms with Gasteiger partial charge in [0.25, 0.3) is 5.56 Å². The molecule has 1 heterocycles. The maximum absolute atomic E-state index is 11.4.